The number of rotatable bonds is 15. The first kappa shape index (κ1) is 32.2. The second-order valence-corrected chi connectivity index (χ2v) is 10.2. The number of carbonyl (C=O) groups excluding carboxylic acids is 2. The molecule has 0 saturated heterocycles. The van der Waals surface area contributed by atoms with Gasteiger partial charge in [0.2, 0.25) is 23.0 Å². The number of carboxylic acid groups (broad SMARTS) is 1. The van der Waals surface area contributed by atoms with Crippen molar-refractivity contribution in [2.75, 3.05) is 39.7 Å². The van der Waals surface area contributed by atoms with Gasteiger partial charge in [-0.2, -0.15) is 0 Å². The topological polar surface area (TPSA) is 152 Å². The Morgan fingerprint density at radius 1 is 0.929 bits per heavy atom. The fraction of sp³-hybridized carbons (Fsp3) is 0.484. The van der Waals surface area contributed by atoms with Crippen LogP contribution in [0.15, 0.2) is 29.1 Å². The quantitative estimate of drug-likeness (QED) is 0.229. The monoisotopic (exact) mass is 583 g/mol. The summed E-state index contributed by atoms with van der Waals surface area (Å²) >= 11 is 0. The number of benzene rings is 1. The standard InChI is InChI=1S/C31H41N3O8/c1-19(35)34-23-13-11-20-17-26(40-2)30(41-3)31(42-4)29(20)21-12-14-24(25(36)18-22(21)23)32-15-7-5-6-9-27(37)33-16-8-10-28(38)39/h12,14,17-18,23H,5-11,13,15-16H2,1-4H3,(H,32,36)(H,33,37)(H,34,35)(H,38,39)/t23-/m1/s1. The maximum atomic E-state index is 13.4. The number of methoxy groups -OCH3 is 3. The maximum Gasteiger partial charge on any atom is 0.303 e. The van der Waals surface area contributed by atoms with Gasteiger partial charge >= 0.3 is 5.97 Å². The molecule has 0 bridgehead atoms. The second kappa shape index (κ2) is 15.6. The summed E-state index contributed by atoms with van der Waals surface area (Å²) in [5.74, 6) is 0.323. The number of hydrogen-bond acceptors (Lipinski definition) is 8. The lowest BCUT2D eigenvalue weighted by Gasteiger charge is -2.19. The number of anilines is 1. The smallest absolute Gasteiger partial charge is 0.303 e. The molecule has 2 aromatic rings. The highest BCUT2D eigenvalue weighted by Gasteiger charge is 2.29. The molecule has 4 N–H and O–H groups in total. The number of fused-ring (bicyclic) bond motifs is 3. The van der Waals surface area contributed by atoms with Crippen LogP contribution in [0.5, 0.6) is 17.2 Å². The lowest BCUT2D eigenvalue weighted by Crippen LogP contribution is -2.26. The Bertz CT molecular complexity index is 1340. The molecule has 0 fully saturated rings. The minimum absolute atomic E-state index is 0.0325. The highest BCUT2D eigenvalue weighted by atomic mass is 16.5. The van der Waals surface area contributed by atoms with Crippen molar-refractivity contribution < 1.29 is 33.7 Å². The first-order valence-electron chi connectivity index (χ1n) is 14.2. The summed E-state index contributed by atoms with van der Waals surface area (Å²) in [5, 5.41) is 17.6. The van der Waals surface area contributed by atoms with Crippen LogP contribution in [0.25, 0.3) is 11.1 Å². The average Bonchev–Trinajstić information content (AvgIpc) is 3.20. The van der Waals surface area contributed by atoms with E-state index in [0.29, 0.717) is 73.7 Å². The number of ether oxygens (including phenoxy) is 3. The maximum absolute atomic E-state index is 13.4. The lowest BCUT2D eigenvalue weighted by atomic mass is 9.95. The highest BCUT2D eigenvalue weighted by molar-refractivity contribution is 5.83. The van der Waals surface area contributed by atoms with Crippen LogP contribution in [0.4, 0.5) is 5.69 Å². The summed E-state index contributed by atoms with van der Waals surface area (Å²) in [4.78, 5) is 47.9. The van der Waals surface area contributed by atoms with Gasteiger partial charge in [-0.3, -0.25) is 19.2 Å². The summed E-state index contributed by atoms with van der Waals surface area (Å²) < 4.78 is 17.0. The molecule has 3 rings (SSSR count). The van der Waals surface area contributed by atoms with Crippen LogP contribution in [0.2, 0.25) is 0 Å². The van der Waals surface area contributed by atoms with E-state index in [-0.39, 0.29) is 29.7 Å². The number of unbranched alkanes of at least 4 members (excludes halogenated alkanes) is 2. The molecule has 0 unspecified atom stereocenters. The number of nitrogens with one attached hydrogen (secondary N) is 3. The zero-order valence-corrected chi connectivity index (χ0v) is 24.8. The molecule has 0 radical (unpaired) electrons. The van der Waals surface area contributed by atoms with Crippen molar-refractivity contribution in [2.45, 2.75) is 64.3 Å². The Kier molecular flexibility index (Phi) is 12.0. The van der Waals surface area contributed by atoms with Crippen molar-refractivity contribution in [1.82, 2.24) is 10.6 Å². The zero-order chi connectivity index (χ0) is 30.6. The molecule has 11 heteroatoms. The van der Waals surface area contributed by atoms with Crippen LogP contribution in [-0.4, -0.2) is 57.3 Å². The first-order valence-corrected chi connectivity index (χ1v) is 14.2. The third-order valence-electron chi connectivity index (χ3n) is 7.20. The fourth-order valence-corrected chi connectivity index (χ4v) is 5.22. The molecule has 0 heterocycles. The van der Waals surface area contributed by atoms with Crippen molar-refractivity contribution in [3.05, 3.63) is 45.6 Å². The van der Waals surface area contributed by atoms with Crippen LogP contribution in [-0.2, 0) is 20.8 Å². The molecule has 42 heavy (non-hydrogen) atoms. The molecule has 11 nitrogen and oxygen atoms in total. The van der Waals surface area contributed by atoms with E-state index >= 15 is 0 Å². The van der Waals surface area contributed by atoms with E-state index in [2.05, 4.69) is 16.0 Å². The third kappa shape index (κ3) is 8.37. The van der Waals surface area contributed by atoms with E-state index in [4.69, 9.17) is 19.3 Å². The Hall–Kier alpha value is -4.28. The van der Waals surface area contributed by atoms with Crippen LogP contribution in [0, 0.1) is 0 Å². The van der Waals surface area contributed by atoms with Gasteiger partial charge in [0.25, 0.3) is 0 Å². The zero-order valence-electron chi connectivity index (χ0n) is 24.8. The van der Waals surface area contributed by atoms with Crippen molar-refractivity contribution in [3.63, 3.8) is 0 Å². The van der Waals surface area contributed by atoms with Gasteiger partial charge in [0, 0.05) is 38.4 Å². The molecule has 1 atom stereocenters. The Balaban J connectivity index is 1.78. The minimum Gasteiger partial charge on any atom is -0.493 e. The lowest BCUT2D eigenvalue weighted by molar-refractivity contribution is -0.137. The molecular weight excluding hydrogens is 542 g/mol. The molecule has 2 amide bonds. The van der Waals surface area contributed by atoms with Gasteiger partial charge in [-0.15, -0.1) is 0 Å². The number of carboxylic acids is 1. The van der Waals surface area contributed by atoms with Gasteiger partial charge in [-0.25, -0.2) is 0 Å². The molecule has 0 aromatic heterocycles. The van der Waals surface area contributed by atoms with Gasteiger partial charge in [-0.05, 0) is 67.0 Å². The Morgan fingerprint density at radius 3 is 2.36 bits per heavy atom. The van der Waals surface area contributed by atoms with E-state index in [1.54, 1.807) is 33.5 Å². The molecule has 1 aliphatic rings. The Labute approximate surface area is 245 Å². The number of hydrogen-bond donors (Lipinski definition) is 4. The van der Waals surface area contributed by atoms with Crippen molar-refractivity contribution in [3.8, 4) is 28.4 Å². The Morgan fingerprint density at radius 2 is 1.69 bits per heavy atom. The van der Waals surface area contributed by atoms with Crippen molar-refractivity contribution in [1.29, 1.82) is 0 Å². The summed E-state index contributed by atoms with van der Waals surface area (Å²) in [7, 11) is 4.67. The molecule has 0 spiro atoms. The van der Waals surface area contributed by atoms with Crippen LogP contribution < -0.4 is 35.6 Å². The largest absolute Gasteiger partial charge is 0.493 e. The highest BCUT2D eigenvalue weighted by Crippen LogP contribution is 2.50. The molecule has 2 aromatic carbocycles. The predicted molar refractivity (Wildman–Crippen MR) is 160 cm³/mol. The van der Waals surface area contributed by atoms with Crippen molar-refractivity contribution in [2.24, 2.45) is 0 Å². The number of aryl methyl sites for hydroxylation is 1. The first-order chi connectivity index (χ1) is 20.2. The van der Waals surface area contributed by atoms with E-state index in [1.807, 2.05) is 12.1 Å². The second-order valence-electron chi connectivity index (χ2n) is 10.2. The average molecular weight is 584 g/mol. The van der Waals surface area contributed by atoms with Crippen LogP contribution in [0.1, 0.15) is 69.0 Å². The molecule has 1 aliphatic carbocycles. The van der Waals surface area contributed by atoms with Crippen LogP contribution >= 0.6 is 0 Å². The summed E-state index contributed by atoms with van der Waals surface area (Å²) in [6.07, 6.45) is 4.24. The van der Waals surface area contributed by atoms with Gasteiger partial charge in [-0.1, -0.05) is 12.5 Å². The number of amides is 2. The predicted octanol–water partition coefficient (Wildman–Crippen LogP) is 3.82. The molecular formula is C31H41N3O8. The van der Waals surface area contributed by atoms with E-state index in [0.717, 1.165) is 29.5 Å². The molecule has 0 aliphatic heterocycles. The van der Waals surface area contributed by atoms with Crippen LogP contribution in [0.3, 0.4) is 0 Å². The summed E-state index contributed by atoms with van der Waals surface area (Å²) in [5.41, 5.74) is 3.44. The number of aliphatic carboxylic acids is 1. The summed E-state index contributed by atoms with van der Waals surface area (Å²) in [6, 6.07) is 6.74. The van der Waals surface area contributed by atoms with Crippen molar-refractivity contribution >= 4 is 23.5 Å². The third-order valence-corrected chi connectivity index (χ3v) is 7.20. The van der Waals surface area contributed by atoms with E-state index < -0.39 is 5.97 Å². The van der Waals surface area contributed by atoms with Gasteiger partial charge in [0.1, 0.15) is 0 Å². The fourth-order valence-electron chi connectivity index (χ4n) is 5.22. The van der Waals surface area contributed by atoms with Gasteiger partial charge in [0.15, 0.2) is 11.5 Å². The molecule has 228 valence electrons. The van der Waals surface area contributed by atoms with Gasteiger partial charge in [0.05, 0.1) is 33.1 Å². The molecule has 0 saturated carbocycles. The normalized spacial score (nSPS) is 13.6. The number of carbonyl (C=O) groups is 3. The summed E-state index contributed by atoms with van der Waals surface area (Å²) in [6.45, 7) is 2.36. The SMILES string of the molecule is COc1cc2c(c(OC)c1OC)-c1ccc(NCCCCCC(=O)NCCCC(=O)O)c(=O)cc1[C@H](NC(C)=O)CC2. The van der Waals surface area contributed by atoms with Gasteiger partial charge < -0.3 is 35.3 Å². The van der Waals surface area contributed by atoms with E-state index in [1.165, 1.54) is 6.92 Å². The van der Waals surface area contributed by atoms with E-state index in [9.17, 15) is 19.2 Å². The minimum atomic E-state index is -0.876.